The summed E-state index contributed by atoms with van der Waals surface area (Å²) in [6.45, 7) is 7.91. The maximum absolute atomic E-state index is 12.8. The average Bonchev–Trinajstić information content (AvgIpc) is 3.07. The van der Waals surface area contributed by atoms with Gasteiger partial charge in [-0.1, -0.05) is 39.3 Å². The Hall–Kier alpha value is -1.36. The highest BCUT2D eigenvalue weighted by Crippen LogP contribution is 2.52. The van der Waals surface area contributed by atoms with Gasteiger partial charge in [0, 0.05) is 6.54 Å². The third-order valence-electron chi connectivity index (χ3n) is 4.78. The van der Waals surface area contributed by atoms with Crippen molar-refractivity contribution < 1.29 is 19.1 Å². The van der Waals surface area contributed by atoms with E-state index in [9.17, 15) is 9.59 Å². The molecule has 0 aromatic rings. The summed E-state index contributed by atoms with van der Waals surface area (Å²) >= 11 is 0. The number of ether oxygens (including phenoxy) is 2. The van der Waals surface area contributed by atoms with Crippen LogP contribution in [-0.2, 0) is 19.1 Å². The van der Waals surface area contributed by atoms with E-state index in [-0.39, 0.29) is 18.0 Å². The molecule has 0 radical (unpaired) electrons. The molecule has 3 rings (SSSR count). The van der Waals surface area contributed by atoms with E-state index in [0.717, 1.165) is 12.8 Å². The lowest BCUT2D eigenvalue weighted by atomic mass is 9.77. The molecular weight excluding hydrogens is 282 g/mol. The number of esters is 1. The van der Waals surface area contributed by atoms with Gasteiger partial charge in [0.2, 0.25) is 5.91 Å². The fourth-order valence-electron chi connectivity index (χ4n) is 3.86. The van der Waals surface area contributed by atoms with Crippen molar-refractivity contribution >= 4 is 11.9 Å². The lowest BCUT2D eigenvalue weighted by Gasteiger charge is -2.22. The van der Waals surface area contributed by atoms with Crippen LogP contribution < -0.4 is 0 Å². The zero-order chi connectivity index (χ0) is 15.9. The van der Waals surface area contributed by atoms with Gasteiger partial charge in [0.1, 0.15) is 11.5 Å². The second-order valence-electron chi connectivity index (χ2n) is 7.03. The second-order valence-corrected chi connectivity index (χ2v) is 7.03. The summed E-state index contributed by atoms with van der Waals surface area (Å²) in [4.78, 5) is 27.0. The van der Waals surface area contributed by atoms with E-state index in [1.807, 2.05) is 17.1 Å². The third kappa shape index (κ3) is 2.35. The third-order valence-corrected chi connectivity index (χ3v) is 4.78. The number of fused-ring (bicyclic) bond motifs is 1. The van der Waals surface area contributed by atoms with Gasteiger partial charge in [-0.3, -0.25) is 9.59 Å². The van der Waals surface area contributed by atoms with Crippen molar-refractivity contribution in [1.29, 1.82) is 0 Å². The number of carbonyl (C=O) groups is 2. The molecule has 0 aromatic carbocycles. The van der Waals surface area contributed by atoms with Gasteiger partial charge in [-0.25, -0.2) is 0 Å². The summed E-state index contributed by atoms with van der Waals surface area (Å²) in [6, 6.07) is 0. The molecule has 2 saturated heterocycles. The first-order chi connectivity index (χ1) is 10.5. The van der Waals surface area contributed by atoms with Crippen molar-refractivity contribution in [2.75, 3.05) is 19.7 Å². The molecule has 0 N–H and O–H groups in total. The van der Waals surface area contributed by atoms with E-state index in [2.05, 4.69) is 20.8 Å². The molecule has 3 aliphatic heterocycles. The molecule has 3 heterocycles. The van der Waals surface area contributed by atoms with E-state index in [0.29, 0.717) is 25.6 Å². The second kappa shape index (κ2) is 5.69. The zero-order valence-corrected chi connectivity index (χ0v) is 13.6. The van der Waals surface area contributed by atoms with Crippen LogP contribution in [0.15, 0.2) is 12.2 Å². The monoisotopic (exact) mass is 307 g/mol. The Balaban J connectivity index is 1.76. The number of carbonyl (C=O) groups excluding carboxylic acids is 2. The molecule has 0 aromatic heterocycles. The number of hydrogen-bond acceptors (Lipinski definition) is 4. The molecule has 5 nitrogen and oxygen atoms in total. The van der Waals surface area contributed by atoms with Gasteiger partial charge >= 0.3 is 5.97 Å². The largest absolute Gasteiger partial charge is 0.465 e. The highest BCUT2D eigenvalue weighted by Gasteiger charge is 2.67. The number of hydrogen-bond donors (Lipinski definition) is 0. The summed E-state index contributed by atoms with van der Waals surface area (Å²) in [5.74, 6) is -0.732. The van der Waals surface area contributed by atoms with Crippen LogP contribution in [0, 0.1) is 17.8 Å². The maximum Gasteiger partial charge on any atom is 0.312 e. The number of unbranched alkanes of at least 4 members (excludes halogenated alkanes) is 1. The Morgan fingerprint density at radius 2 is 2.32 bits per heavy atom. The van der Waals surface area contributed by atoms with Gasteiger partial charge in [0.25, 0.3) is 0 Å². The molecular formula is C17H25NO4. The Morgan fingerprint density at radius 3 is 3.00 bits per heavy atom. The van der Waals surface area contributed by atoms with Crippen LogP contribution in [0.4, 0.5) is 0 Å². The van der Waals surface area contributed by atoms with Gasteiger partial charge in [-0.15, -0.1) is 0 Å². The summed E-state index contributed by atoms with van der Waals surface area (Å²) in [7, 11) is 0. The minimum atomic E-state index is -0.606. The fraction of sp³-hybridized carbons (Fsp3) is 0.765. The number of amides is 1. The van der Waals surface area contributed by atoms with Gasteiger partial charge < -0.3 is 14.4 Å². The van der Waals surface area contributed by atoms with Crippen molar-refractivity contribution in [3.8, 4) is 0 Å². The Bertz CT molecular complexity index is 501. The van der Waals surface area contributed by atoms with Gasteiger partial charge in [0.05, 0.1) is 25.2 Å². The first kappa shape index (κ1) is 15.5. The number of nitrogens with zero attached hydrogens (tertiary/aromatic N) is 1. The summed E-state index contributed by atoms with van der Waals surface area (Å²) in [5, 5.41) is 0. The predicted molar refractivity (Wildman–Crippen MR) is 81.0 cm³/mol. The molecule has 3 aliphatic rings. The van der Waals surface area contributed by atoms with Crippen LogP contribution in [0.25, 0.3) is 0 Å². The van der Waals surface area contributed by atoms with Gasteiger partial charge in [-0.2, -0.15) is 0 Å². The minimum absolute atomic E-state index is 0.0398. The molecule has 1 amide bonds. The van der Waals surface area contributed by atoms with Crippen LogP contribution >= 0.6 is 0 Å². The molecule has 4 atom stereocenters. The Morgan fingerprint density at radius 1 is 1.55 bits per heavy atom. The summed E-state index contributed by atoms with van der Waals surface area (Å²) < 4.78 is 11.4. The van der Waals surface area contributed by atoms with Crippen molar-refractivity contribution in [1.82, 2.24) is 4.90 Å². The topological polar surface area (TPSA) is 55.8 Å². The van der Waals surface area contributed by atoms with Crippen molar-refractivity contribution in [2.24, 2.45) is 17.8 Å². The smallest absolute Gasteiger partial charge is 0.312 e. The lowest BCUT2D eigenvalue weighted by Crippen LogP contribution is -2.40. The molecule has 1 spiro atoms. The molecule has 5 heteroatoms. The normalized spacial score (nSPS) is 35.5. The van der Waals surface area contributed by atoms with Crippen molar-refractivity contribution in [3.63, 3.8) is 0 Å². The molecule has 2 bridgehead atoms. The molecule has 22 heavy (non-hydrogen) atoms. The first-order valence-electron chi connectivity index (χ1n) is 8.31. The van der Waals surface area contributed by atoms with Crippen LogP contribution in [-0.4, -0.2) is 48.2 Å². The van der Waals surface area contributed by atoms with E-state index < -0.39 is 17.4 Å². The van der Waals surface area contributed by atoms with E-state index in [1.54, 1.807) is 0 Å². The van der Waals surface area contributed by atoms with E-state index in [1.165, 1.54) is 0 Å². The highest BCUT2D eigenvalue weighted by molar-refractivity contribution is 5.91. The standard InChI is InChI=1S/C17H25NO4/c1-4-5-8-21-16(20)13-12-6-7-17(22-12)10-18(9-11(2)3)15(19)14(13)17/h6-7,11-14H,4-5,8-10H2,1-3H3/t12-,13+,14-,17-/m0/s1. The predicted octanol–water partition coefficient (Wildman–Crippen LogP) is 1.77. The molecule has 0 saturated carbocycles. The SMILES string of the molecule is CCCCOC(=O)[C@@H]1[C@@H]2C=C[C@@]3(CN(CC(C)C)C(=O)[C@H]13)O2. The number of rotatable bonds is 6. The maximum atomic E-state index is 12.8. The van der Waals surface area contributed by atoms with Gasteiger partial charge in [0.15, 0.2) is 0 Å². The van der Waals surface area contributed by atoms with E-state index >= 15 is 0 Å². The first-order valence-corrected chi connectivity index (χ1v) is 8.31. The summed E-state index contributed by atoms with van der Waals surface area (Å²) in [6.07, 6.45) is 5.43. The van der Waals surface area contributed by atoms with Crippen LogP contribution in [0.3, 0.4) is 0 Å². The Kier molecular flexibility index (Phi) is 4.02. The summed E-state index contributed by atoms with van der Waals surface area (Å²) in [5.41, 5.74) is -0.606. The molecule has 0 unspecified atom stereocenters. The minimum Gasteiger partial charge on any atom is -0.465 e. The average molecular weight is 307 g/mol. The molecule has 122 valence electrons. The van der Waals surface area contributed by atoms with Crippen LogP contribution in [0.2, 0.25) is 0 Å². The van der Waals surface area contributed by atoms with Crippen LogP contribution in [0.5, 0.6) is 0 Å². The van der Waals surface area contributed by atoms with Crippen molar-refractivity contribution in [3.05, 3.63) is 12.2 Å². The molecule has 2 fully saturated rings. The zero-order valence-electron chi connectivity index (χ0n) is 13.6. The van der Waals surface area contributed by atoms with Crippen molar-refractivity contribution in [2.45, 2.75) is 45.3 Å². The highest BCUT2D eigenvalue weighted by atomic mass is 16.6. The lowest BCUT2D eigenvalue weighted by molar-refractivity contribution is -0.154. The van der Waals surface area contributed by atoms with E-state index in [4.69, 9.17) is 9.47 Å². The fourth-order valence-corrected chi connectivity index (χ4v) is 3.86. The number of likely N-dealkylation sites (tertiary alicyclic amines) is 1. The molecule has 0 aliphatic carbocycles. The Labute approximate surface area is 131 Å². The van der Waals surface area contributed by atoms with Crippen LogP contribution in [0.1, 0.15) is 33.6 Å². The quantitative estimate of drug-likeness (QED) is 0.426. The van der Waals surface area contributed by atoms with Gasteiger partial charge in [-0.05, 0) is 12.3 Å².